The van der Waals surface area contributed by atoms with Crippen molar-refractivity contribution >= 4 is 29.0 Å². The average molecular weight is 351 g/mol. The number of nitrogens with zero attached hydrogens (tertiary/aromatic N) is 6. The van der Waals surface area contributed by atoms with Crippen molar-refractivity contribution in [2.45, 2.75) is 13.1 Å². The Morgan fingerprint density at radius 1 is 1.04 bits per heavy atom. The number of Topliss-reactive ketones (excluding diaryl/α,β-unsaturated/α-hetero) is 1. The zero-order chi connectivity index (χ0) is 16.2. The highest BCUT2D eigenvalue weighted by atomic mass is 35.5. The van der Waals surface area contributed by atoms with Crippen LogP contribution in [0.5, 0.6) is 0 Å². The summed E-state index contributed by atoms with van der Waals surface area (Å²) in [6.07, 6.45) is 5.97. The second kappa shape index (κ2) is 6.89. The van der Waals surface area contributed by atoms with E-state index in [9.17, 15) is 4.79 Å². The molecule has 0 saturated carbocycles. The molecule has 0 atom stereocenters. The molecule has 0 radical (unpaired) electrons. The lowest BCUT2D eigenvalue weighted by molar-refractivity contribution is 0.0885. The summed E-state index contributed by atoms with van der Waals surface area (Å²) in [7, 11) is 0. The third-order valence-corrected chi connectivity index (χ3v) is 3.86. The molecule has 2 aromatic heterocycles. The van der Waals surface area contributed by atoms with Gasteiger partial charge in [-0.15, -0.1) is 0 Å². The Morgan fingerprint density at radius 2 is 1.65 bits per heavy atom. The third kappa shape index (κ3) is 3.75. The van der Waals surface area contributed by atoms with Gasteiger partial charge in [-0.05, 0) is 18.2 Å². The standard InChI is InChI=1S/C14H12Cl2N6O/c15-11-1-2-12(13(16)3-11)14(23)10(4-21-8-17-6-19-21)5-22-9-18-7-20-22/h1-3,6-10H,4-5H2. The number of carbonyl (C=O) groups is 1. The van der Waals surface area contributed by atoms with Gasteiger partial charge in [0.05, 0.1) is 24.0 Å². The Hall–Kier alpha value is -2.25. The Morgan fingerprint density at radius 3 is 2.13 bits per heavy atom. The second-order valence-corrected chi connectivity index (χ2v) is 5.76. The van der Waals surface area contributed by atoms with Crippen LogP contribution in [-0.2, 0) is 13.1 Å². The van der Waals surface area contributed by atoms with Crippen molar-refractivity contribution in [3.63, 3.8) is 0 Å². The van der Waals surface area contributed by atoms with E-state index in [1.165, 1.54) is 12.7 Å². The maximum Gasteiger partial charge on any atom is 0.171 e. The molecule has 3 aromatic rings. The average Bonchev–Trinajstić information content (AvgIpc) is 3.19. The van der Waals surface area contributed by atoms with Gasteiger partial charge < -0.3 is 0 Å². The van der Waals surface area contributed by atoms with Crippen molar-refractivity contribution in [3.8, 4) is 0 Å². The van der Waals surface area contributed by atoms with Crippen molar-refractivity contribution in [3.05, 3.63) is 59.1 Å². The number of carbonyl (C=O) groups excluding carboxylic acids is 1. The molecule has 0 N–H and O–H groups in total. The number of hydrogen-bond acceptors (Lipinski definition) is 5. The minimum atomic E-state index is -0.419. The Kier molecular flexibility index (Phi) is 4.68. The number of benzene rings is 1. The highest BCUT2D eigenvalue weighted by Crippen LogP contribution is 2.24. The van der Waals surface area contributed by atoms with Gasteiger partial charge in [0.2, 0.25) is 0 Å². The first kappa shape index (κ1) is 15.6. The van der Waals surface area contributed by atoms with Crippen LogP contribution in [0.1, 0.15) is 10.4 Å². The van der Waals surface area contributed by atoms with Crippen molar-refractivity contribution in [2.75, 3.05) is 0 Å². The fourth-order valence-electron chi connectivity index (χ4n) is 2.24. The number of rotatable bonds is 6. The van der Waals surface area contributed by atoms with Crippen LogP contribution in [0, 0.1) is 5.92 Å². The van der Waals surface area contributed by atoms with Crippen molar-refractivity contribution in [2.24, 2.45) is 5.92 Å². The molecule has 0 bridgehead atoms. The quantitative estimate of drug-likeness (QED) is 0.637. The van der Waals surface area contributed by atoms with E-state index in [1.54, 1.807) is 40.2 Å². The van der Waals surface area contributed by atoms with Crippen LogP contribution in [0.15, 0.2) is 43.5 Å². The van der Waals surface area contributed by atoms with E-state index >= 15 is 0 Å². The normalized spacial score (nSPS) is 11.1. The molecule has 0 spiro atoms. The summed E-state index contributed by atoms with van der Waals surface area (Å²) < 4.78 is 3.20. The molecular formula is C14H12Cl2N6O. The largest absolute Gasteiger partial charge is 0.294 e. The van der Waals surface area contributed by atoms with Gasteiger partial charge >= 0.3 is 0 Å². The molecule has 0 saturated heterocycles. The van der Waals surface area contributed by atoms with Gasteiger partial charge in [0.1, 0.15) is 25.3 Å². The highest BCUT2D eigenvalue weighted by molar-refractivity contribution is 6.36. The van der Waals surface area contributed by atoms with Gasteiger partial charge in [0.25, 0.3) is 0 Å². The van der Waals surface area contributed by atoms with Gasteiger partial charge in [-0.3, -0.25) is 14.2 Å². The van der Waals surface area contributed by atoms with Gasteiger partial charge in [-0.1, -0.05) is 23.2 Å². The fraction of sp³-hybridized carbons (Fsp3) is 0.214. The molecule has 118 valence electrons. The SMILES string of the molecule is O=C(c1ccc(Cl)cc1Cl)C(Cn1cncn1)Cn1cncn1. The van der Waals surface area contributed by atoms with Gasteiger partial charge in [0.15, 0.2) is 5.78 Å². The van der Waals surface area contributed by atoms with E-state index in [2.05, 4.69) is 20.2 Å². The molecule has 3 rings (SSSR count). The first-order chi connectivity index (χ1) is 11.1. The van der Waals surface area contributed by atoms with Crippen LogP contribution < -0.4 is 0 Å². The zero-order valence-corrected chi connectivity index (χ0v) is 13.4. The van der Waals surface area contributed by atoms with E-state index in [1.807, 2.05) is 0 Å². The van der Waals surface area contributed by atoms with Crippen LogP contribution in [0.3, 0.4) is 0 Å². The van der Waals surface area contributed by atoms with E-state index in [0.717, 1.165) is 0 Å². The van der Waals surface area contributed by atoms with Crippen molar-refractivity contribution in [1.29, 1.82) is 0 Å². The maximum atomic E-state index is 12.9. The van der Waals surface area contributed by atoms with Crippen LogP contribution >= 0.6 is 23.2 Å². The number of hydrogen-bond donors (Lipinski definition) is 0. The molecule has 0 aliphatic carbocycles. The highest BCUT2D eigenvalue weighted by Gasteiger charge is 2.24. The van der Waals surface area contributed by atoms with E-state index in [0.29, 0.717) is 28.7 Å². The summed E-state index contributed by atoms with van der Waals surface area (Å²) in [5.74, 6) is -0.533. The summed E-state index contributed by atoms with van der Waals surface area (Å²) >= 11 is 12.0. The number of ketones is 1. The van der Waals surface area contributed by atoms with Crippen LogP contribution in [-0.4, -0.2) is 35.3 Å². The van der Waals surface area contributed by atoms with Crippen LogP contribution in [0.25, 0.3) is 0 Å². The summed E-state index contributed by atoms with van der Waals surface area (Å²) in [5, 5.41) is 8.91. The van der Waals surface area contributed by atoms with Crippen LogP contribution in [0.2, 0.25) is 10.0 Å². The summed E-state index contributed by atoms with van der Waals surface area (Å²) in [6.45, 7) is 0.718. The predicted molar refractivity (Wildman–Crippen MR) is 84.3 cm³/mol. The van der Waals surface area contributed by atoms with Crippen molar-refractivity contribution in [1.82, 2.24) is 29.5 Å². The van der Waals surface area contributed by atoms with Gasteiger partial charge in [-0.2, -0.15) is 10.2 Å². The number of aromatic nitrogens is 6. The molecule has 0 unspecified atom stereocenters. The zero-order valence-electron chi connectivity index (χ0n) is 11.9. The van der Waals surface area contributed by atoms with Gasteiger partial charge in [-0.25, -0.2) is 9.97 Å². The van der Waals surface area contributed by atoms with E-state index in [-0.39, 0.29) is 5.78 Å². The Balaban J connectivity index is 1.88. The Bertz CT molecular complexity index is 751. The first-order valence-electron chi connectivity index (χ1n) is 6.77. The molecule has 2 heterocycles. The summed E-state index contributed by atoms with van der Waals surface area (Å²) in [4.78, 5) is 20.7. The molecule has 0 fully saturated rings. The lowest BCUT2D eigenvalue weighted by Crippen LogP contribution is -2.26. The van der Waals surface area contributed by atoms with E-state index < -0.39 is 5.92 Å². The van der Waals surface area contributed by atoms with E-state index in [4.69, 9.17) is 23.2 Å². The smallest absolute Gasteiger partial charge is 0.171 e. The van der Waals surface area contributed by atoms with Crippen molar-refractivity contribution < 1.29 is 4.79 Å². The summed E-state index contributed by atoms with van der Waals surface area (Å²) in [6, 6.07) is 4.82. The Labute approximate surface area is 141 Å². The lowest BCUT2D eigenvalue weighted by Gasteiger charge is -2.16. The molecule has 0 aliphatic rings. The molecule has 9 heteroatoms. The minimum Gasteiger partial charge on any atom is -0.294 e. The molecular weight excluding hydrogens is 339 g/mol. The topological polar surface area (TPSA) is 78.5 Å². The number of halogens is 2. The summed E-state index contributed by atoms with van der Waals surface area (Å²) in [5.41, 5.74) is 0.418. The molecule has 0 aliphatic heterocycles. The van der Waals surface area contributed by atoms with Gasteiger partial charge in [0, 0.05) is 10.6 Å². The second-order valence-electron chi connectivity index (χ2n) is 4.92. The monoisotopic (exact) mass is 350 g/mol. The molecule has 1 aromatic carbocycles. The molecule has 7 nitrogen and oxygen atoms in total. The molecule has 23 heavy (non-hydrogen) atoms. The fourth-order valence-corrected chi connectivity index (χ4v) is 2.74. The maximum absolute atomic E-state index is 12.9. The predicted octanol–water partition coefficient (Wildman–Crippen LogP) is 2.38. The lowest BCUT2D eigenvalue weighted by atomic mass is 9.97. The third-order valence-electron chi connectivity index (χ3n) is 3.32. The minimum absolute atomic E-state index is 0.113. The molecule has 0 amide bonds. The first-order valence-corrected chi connectivity index (χ1v) is 7.53. The van der Waals surface area contributed by atoms with Crippen LogP contribution in [0.4, 0.5) is 0 Å².